The summed E-state index contributed by atoms with van der Waals surface area (Å²) in [4.78, 5) is 12.0. The summed E-state index contributed by atoms with van der Waals surface area (Å²) in [5, 5.41) is 2.86. The molecule has 1 saturated carbocycles. The number of hydrogen-bond acceptors (Lipinski definition) is 5. The van der Waals surface area contributed by atoms with Gasteiger partial charge in [-0.15, -0.1) is 0 Å². The first-order valence-electron chi connectivity index (χ1n) is 6.84. The average Bonchev–Trinajstić information content (AvgIpc) is 2.99. The number of nitrogens with one attached hydrogen (secondary N) is 1. The molecule has 2 unspecified atom stereocenters. The van der Waals surface area contributed by atoms with Crippen LogP contribution >= 0.6 is 10.7 Å². The molecule has 0 aromatic carbocycles. The minimum absolute atomic E-state index is 0.0480. The largest absolute Gasteiger partial charge is 0.455 e. The molecule has 1 N–H and O–H groups in total. The molecule has 2 heterocycles. The standard InChI is InChI=1S/C13H16ClNO5S/c1-7-11(21(14,17)18)6-10(20-7)13(16)15-9-4-5-19-12(9)8-2-3-8/h6,8-9,12H,2-5H2,1H3,(H,15,16). The van der Waals surface area contributed by atoms with Crippen LogP contribution in [-0.4, -0.2) is 33.1 Å². The zero-order valence-electron chi connectivity index (χ0n) is 11.5. The van der Waals surface area contributed by atoms with E-state index < -0.39 is 15.0 Å². The van der Waals surface area contributed by atoms with Gasteiger partial charge in [0, 0.05) is 23.4 Å². The number of carbonyl (C=O) groups excluding carboxylic acids is 1. The Morgan fingerprint density at radius 3 is 2.67 bits per heavy atom. The molecule has 2 aliphatic rings. The summed E-state index contributed by atoms with van der Waals surface area (Å²) in [5.74, 6) is 0.144. The van der Waals surface area contributed by atoms with Crippen molar-refractivity contribution in [3.05, 3.63) is 17.6 Å². The van der Waals surface area contributed by atoms with Gasteiger partial charge in [0.2, 0.25) is 0 Å². The van der Waals surface area contributed by atoms with E-state index >= 15 is 0 Å². The van der Waals surface area contributed by atoms with Gasteiger partial charge in [0.15, 0.2) is 5.76 Å². The summed E-state index contributed by atoms with van der Waals surface area (Å²) in [6.07, 6.45) is 3.07. The van der Waals surface area contributed by atoms with Crippen molar-refractivity contribution in [2.24, 2.45) is 5.92 Å². The van der Waals surface area contributed by atoms with Gasteiger partial charge in [0.1, 0.15) is 10.7 Å². The highest BCUT2D eigenvalue weighted by Gasteiger charge is 2.41. The first-order chi connectivity index (χ1) is 9.86. The van der Waals surface area contributed by atoms with Crippen molar-refractivity contribution in [3.63, 3.8) is 0 Å². The fourth-order valence-corrected chi connectivity index (χ4v) is 3.81. The Labute approximate surface area is 127 Å². The lowest BCUT2D eigenvalue weighted by Gasteiger charge is -2.18. The molecule has 6 nitrogen and oxygen atoms in total. The van der Waals surface area contributed by atoms with Crippen molar-refractivity contribution >= 4 is 25.6 Å². The van der Waals surface area contributed by atoms with Crippen LogP contribution in [0.1, 0.15) is 35.6 Å². The van der Waals surface area contributed by atoms with E-state index in [0.29, 0.717) is 12.5 Å². The van der Waals surface area contributed by atoms with Crippen molar-refractivity contribution < 1.29 is 22.4 Å². The van der Waals surface area contributed by atoms with Crippen LogP contribution in [0, 0.1) is 12.8 Å². The SMILES string of the molecule is Cc1oc(C(=O)NC2CCOC2C2CC2)cc1S(=O)(=O)Cl. The molecule has 116 valence electrons. The third kappa shape index (κ3) is 3.09. The van der Waals surface area contributed by atoms with Crippen LogP contribution in [0.4, 0.5) is 0 Å². The van der Waals surface area contributed by atoms with Gasteiger partial charge in [-0.25, -0.2) is 8.42 Å². The molecule has 21 heavy (non-hydrogen) atoms. The number of hydrogen-bond donors (Lipinski definition) is 1. The molecule has 1 aromatic heterocycles. The molecule has 0 bridgehead atoms. The fraction of sp³-hybridized carbons (Fsp3) is 0.615. The first-order valence-corrected chi connectivity index (χ1v) is 9.15. The predicted molar refractivity (Wildman–Crippen MR) is 74.8 cm³/mol. The van der Waals surface area contributed by atoms with Gasteiger partial charge in [-0.3, -0.25) is 4.79 Å². The highest BCUT2D eigenvalue weighted by molar-refractivity contribution is 8.13. The van der Waals surface area contributed by atoms with E-state index in [0.717, 1.165) is 25.3 Å². The molecule has 2 atom stereocenters. The van der Waals surface area contributed by atoms with E-state index in [1.165, 1.54) is 6.92 Å². The molecule has 8 heteroatoms. The lowest BCUT2D eigenvalue weighted by atomic mass is 10.1. The molecular weight excluding hydrogens is 318 g/mol. The van der Waals surface area contributed by atoms with Gasteiger partial charge in [-0.05, 0) is 32.1 Å². The van der Waals surface area contributed by atoms with Gasteiger partial charge in [0.05, 0.1) is 12.1 Å². The number of halogens is 1. The van der Waals surface area contributed by atoms with E-state index in [2.05, 4.69) is 5.32 Å². The number of rotatable bonds is 4. The van der Waals surface area contributed by atoms with Gasteiger partial charge < -0.3 is 14.5 Å². The van der Waals surface area contributed by atoms with Crippen molar-refractivity contribution in [1.29, 1.82) is 0 Å². The maximum absolute atomic E-state index is 12.2. The second-order valence-corrected chi connectivity index (χ2v) is 8.04. The quantitative estimate of drug-likeness (QED) is 0.849. The van der Waals surface area contributed by atoms with Gasteiger partial charge in [-0.1, -0.05) is 0 Å². The topological polar surface area (TPSA) is 85.6 Å². The minimum Gasteiger partial charge on any atom is -0.455 e. The molecule has 1 aromatic rings. The van der Waals surface area contributed by atoms with Crippen LogP contribution in [-0.2, 0) is 13.8 Å². The van der Waals surface area contributed by atoms with Crippen LogP contribution in [0.25, 0.3) is 0 Å². The molecule has 2 fully saturated rings. The lowest BCUT2D eigenvalue weighted by Crippen LogP contribution is -2.41. The first kappa shape index (κ1) is 14.9. The smallest absolute Gasteiger partial charge is 0.287 e. The van der Waals surface area contributed by atoms with Gasteiger partial charge >= 0.3 is 0 Å². The Balaban J connectivity index is 1.73. The van der Waals surface area contributed by atoms with E-state index in [-0.39, 0.29) is 28.6 Å². The normalized spacial score (nSPS) is 26.0. The minimum atomic E-state index is -3.91. The number of ether oxygens (including phenoxy) is 1. The Kier molecular flexibility index (Phi) is 3.75. The monoisotopic (exact) mass is 333 g/mol. The molecule has 0 spiro atoms. The van der Waals surface area contributed by atoms with E-state index in [1.54, 1.807) is 0 Å². The average molecular weight is 334 g/mol. The summed E-state index contributed by atoms with van der Waals surface area (Å²) in [5.41, 5.74) is 0. The molecule has 1 aliphatic carbocycles. The fourth-order valence-electron chi connectivity index (χ4n) is 2.71. The lowest BCUT2D eigenvalue weighted by molar-refractivity contribution is 0.0716. The molecule has 0 radical (unpaired) electrons. The Hall–Kier alpha value is -1.05. The van der Waals surface area contributed by atoms with Crippen molar-refractivity contribution in [2.75, 3.05) is 6.61 Å². The van der Waals surface area contributed by atoms with Gasteiger partial charge in [-0.2, -0.15) is 0 Å². The Morgan fingerprint density at radius 2 is 2.10 bits per heavy atom. The van der Waals surface area contributed by atoms with Crippen LogP contribution in [0.15, 0.2) is 15.4 Å². The number of carbonyl (C=O) groups is 1. The second kappa shape index (κ2) is 5.30. The second-order valence-electron chi connectivity index (χ2n) is 5.51. The number of amides is 1. The van der Waals surface area contributed by atoms with Gasteiger partial charge in [0.25, 0.3) is 15.0 Å². The number of furan rings is 1. The highest BCUT2D eigenvalue weighted by atomic mass is 35.7. The number of aryl methyl sites for hydroxylation is 1. The molecule has 1 saturated heterocycles. The molecule has 1 amide bonds. The predicted octanol–water partition coefficient (Wildman–Crippen LogP) is 1.81. The van der Waals surface area contributed by atoms with Crippen molar-refractivity contribution in [1.82, 2.24) is 5.32 Å². The molecule has 1 aliphatic heterocycles. The highest BCUT2D eigenvalue weighted by Crippen LogP contribution is 2.38. The Morgan fingerprint density at radius 1 is 1.38 bits per heavy atom. The summed E-state index contributed by atoms with van der Waals surface area (Å²) < 4.78 is 33.5. The van der Waals surface area contributed by atoms with Crippen LogP contribution in [0.2, 0.25) is 0 Å². The van der Waals surface area contributed by atoms with E-state index in [9.17, 15) is 13.2 Å². The van der Waals surface area contributed by atoms with Crippen LogP contribution in [0.3, 0.4) is 0 Å². The molecule has 3 rings (SSSR count). The third-order valence-electron chi connectivity index (χ3n) is 3.90. The zero-order valence-corrected chi connectivity index (χ0v) is 13.0. The van der Waals surface area contributed by atoms with E-state index in [1.807, 2.05) is 0 Å². The van der Waals surface area contributed by atoms with E-state index in [4.69, 9.17) is 19.8 Å². The van der Waals surface area contributed by atoms with Crippen molar-refractivity contribution in [3.8, 4) is 0 Å². The van der Waals surface area contributed by atoms with Crippen molar-refractivity contribution in [2.45, 2.75) is 43.2 Å². The maximum atomic E-state index is 12.2. The summed E-state index contributed by atoms with van der Waals surface area (Å²) >= 11 is 0. The zero-order chi connectivity index (χ0) is 15.2. The summed E-state index contributed by atoms with van der Waals surface area (Å²) in [7, 11) is 1.37. The summed E-state index contributed by atoms with van der Waals surface area (Å²) in [6, 6.07) is 1.11. The Bertz CT molecular complexity index is 664. The van der Waals surface area contributed by atoms with Crippen LogP contribution < -0.4 is 5.32 Å². The van der Waals surface area contributed by atoms with Crippen LogP contribution in [0.5, 0.6) is 0 Å². The third-order valence-corrected chi connectivity index (χ3v) is 5.33. The maximum Gasteiger partial charge on any atom is 0.287 e. The molecular formula is C13H16ClNO5S. The summed E-state index contributed by atoms with van der Waals surface area (Å²) in [6.45, 7) is 2.09.